The SMILES string of the molecule is CC(C)(C(=O)Cc1ccc(-c2cccc(C(F)(F)F)c2)cc1)c1ccnc(CS(=O)(=O)C2CC2)n1. The number of hydrogen-bond donors (Lipinski definition) is 0. The van der Waals surface area contributed by atoms with Gasteiger partial charge in [0.1, 0.15) is 17.4 Å². The van der Waals surface area contributed by atoms with Crippen LogP contribution in [0, 0.1) is 0 Å². The fraction of sp³-hybridized carbons (Fsp3) is 0.346. The van der Waals surface area contributed by atoms with Crippen molar-refractivity contribution in [2.45, 2.75) is 55.7 Å². The number of benzene rings is 2. The molecule has 0 unspecified atom stereocenters. The lowest BCUT2D eigenvalue weighted by molar-refractivity contribution is -0.137. The quantitative estimate of drug-likeness (QED) is 0.416. The number of ketones is 1. The molecule has 1 aromatic heterocycles. The van der Waals surface area contributed by atoms with Crippen molar-refractivity contribution in [2.24, 2.45) is 0 Å². The molecule has 0 N–H and O–H groups in total. The van der Waals surface area contributed by atoms with Gasteiger partial charge in [0.15, 0.2) is 9.84 Å². The van der Waals surface area contributed by atoms with Crippen molar-refractivity contribution >= 4 is 15.6 Å². The predicted molar refractivity (Wildman–Crippen MR) is 126 cm³/mol. The monoisotopic (exact) mass is 502 g/mol. The molecule has 5 nitrogen and oxygen atoms in total. The summed E-state index contributed by atoms with van der Waals surface area (Å²) in [6, 6.07) is 13.5. The highest BCUT2D eigenvalue weighted by Gasteiger charge is 2.37. The Balaban J connectivity index is 1.48. The normalized spacial score (nSPS) is 14.7. The van der Waals surface area contributed by atoms with Crippen LogP contribution in [0.15, 0.2) is 60.8 Å². The summed E-state index contributed by atoms with van der Waals surface area (Å²) in [4.78, 5) is 21.6. The van der Waals surface area contributed by atoms with Crippen LogP contribution in [-0.2, 0) is 38.4 Å². The Bertz CT molecular complexity index is 1350. The van der Waals surface area contributed by atoms with Crippen LogP contribution in [0.4, 0.5) is 13.2 Å². The topological polar surface area (TPSA) is 77.0 Å². The van der Waals surface area contributed by atoms with Crippen molar-refractivity contribution in [1.29, 1.82) is 0 Å². The average molecular weight is 503 g/mol. The third kappa shape index (κ3) is 5.78. The molecule has 1 fully saturated rings. The van der Waals surface area contributed by atoms with E-state index < -0.39 is 27.0 Å². The zero-order valence-electron chi connectivity index (χ0n) is 19.3. The molecule has 0 atom stereocenters. The number of carbonyl (C=O) groups excluding carboxylic acids is 1. The van der Waals surface area contributed by atoms with Gasteiger partial charge < -0.3 is 0 Å². The van der Waals surface area contributed by atoms with Crippen molar-refractivity contribution in [2.75, 3.05) is 0 Å². The van der Waals surface area contributed by atoms with Gasteiger partial charge in [-0.05, 0) is 61.6 Å². The molecule has 1 aliphatic carbocycles. The van der Waals surface area contributed by atoms with E-state index in [1.165, 1.54) is 12.3 Å². The van der Waals surface area contributed by atoms with Crippen LogP contribution in [0.25, 0.3) is 11.1 Å². The van der Waals surface area contributed by atoms with Gasteiger partial charge in [-0.3, -0.25) is 4.79 Å². The number of sulfone groups is 1. The molecule has 3 aromatic rings. The summed E-state index contributed by atoms with van der Waals surface area (Å²) in [6.45, 7) is 3.46. The first-order valence-corrected chi connectivity index (χ1v) is 12.9. The number of halogens is 3. The van der Waals surface area contributed by atoms with Gasteiger partial charge in [-0.15, -0.1) is 0 Å². The summed E-state index contributed by atoms with van der Waals surface area (Å²) in [5, 5.41) is -0.316. The fourth-order valence-electron chi connectivity index (χ4n) is 3.78. The minimum atomic E-state index is -4.42. The largest absolute Gasteiger partial charge is 0.416 e. The maximum Gasteiger partial charge on any atom is 0.416 e. The first-order chi connectivity index (χ1) is 16.4. The van der Waals surface area contributed by atoms with Crippen LogP contribution >= 0.6 is 0 Å². The molecule has 9 heteroatoms. The molecule has 184 valence electrons. The molecule has 1 heterocycles. The summed E-state index contributed by atoms with van der Waals surface area (Å²) in [5.41, 5.74) is 0.506. The second kappa shape index (κ2) is 9.18. The van der Waals surface area contributed by atoms with E-state index in [4.69, 9.17) is 0 Å². The first kappa shape index (κ1) is 25.0. The Morgan fingerprint density at radius 3 is 2.31 bits per heavy atom. The third-order valence-electron chi connectivity index (χ3n) is 6.25. The van der Waals surface area contributed by atoms with Gasteiger partial charge >= 0.3 is 6.18 Å². The highest BCUT2D eigenvalue weighted by molar-refractivity contribution is 7.91. The molecule has 0 saturated heterocycles. The van der Waals surface area contributed by atoms with Crippen molar-refractivity contribution in [1.82, 2.24) is 9.97 Å². The maximum atomic E-state index is 13.2. The van der Waals surface area contributed by atoms with Gasteiger partial charge in [-0.25, -0.2) is 18.4 Å². The van der Waals surface area contributed by atoms with Crippen LogP contribution < -0.4 is 0 Å². The van der Waals surface area contributed by atoms with Crippen molar-refractivity contribution in [3.63, 3.8) is 0 Å². The second-order valence-electron chi connectivity index (χ2n) is 9.37. The average Bonchev–Trinajstić information content (AvgIpc) is 3.65. The summed E-state index contributed by atoms with van der Waals surface area (Å²) in [7, 11) is -3.28. The van der Waals surface area contributed by atoms with Crippen LogP contribution in [0.1, 0.15) is 49.3 Å². The van der Waals surface area contributed by atoms with E-state index in [1.54, 1.807) is 50.2 Å². The van der Waals surface area contributed by atoms with E-state index >= 15 is 0 Å². The predicted octanol–water partition coefficient (Wildman–Crippen LogP) is 5.33. The van der Waals surface area contributed by atoms with Gasteiger partial charge in [0, 0.05) is 12.6 Å². The highest BCUT2D eigenvalue weighted by atomic mass is 32.2. The maximum absolute atomic E-state index is 13.2. The van der Waals surface area contributed by atoms with E-state index in [2.05, 4.69) is 9.97 Å². The summed E-state index contributed by atoms with van der Waals surface area (Å²) in [6.07, 6.45) is -1.53. The van der Waals surface area contributed by atoms with Crippen LogP contribution in [0.3, 0.4) is 0 Å². The van der Waals surface area contributed by atoms with Gasteiger partial charge in [-0.2, -0.15) is 13.2 Å². The van der Waals surface area contributed by atoms with E-state index in [1.807, 2.05) is 0 Å². The molecule has 2 aromatic carbocycles. The number of carbonyl (C=O) groups is 1. The minimum Gasteiger partial charge on any atom is -0.298 e. The lowest BCUT2D eigenvalue weighted by Crippen LogP contribution is -2.32. The smallest absolute Gasteiger partial charge is 0.298 e. The van der Waals surface area contributed by atoms with Crippen molar-refractivity contribution in [3.05, 3.63) is 83.4 Å². The Labute approximate surface area is 202 Å². The van der Waals surface area contributed by atoms with Crippen molar-refractivity contribution < 1.29 is 26.4 Å². The molecule has 0 aliphatic heterocycles. The lowest BCUT2D eigenvalue weighted by atomic mass is 9.81. The number of hydrogen-bond acceptors (Lipinski definition) is 5. The Kier molecular flexibility index (Phi) is 6.57. The third-order valence-corrected chi connectivity index (χ3v) is 8.40. The van der Waals surface area contributed by atoms with Gasteiger partial charge in [-0.1, -0.05) is 36.4 Å². The number of aromatic nitrogens is 2. The van der Waals surface area contributed by atoms with Gasteiger partial charge in [0.05, 0.1) is 21.9 Å². The number of rotatable bonds is 8. The van der Waals surface area contributed by atoms with E-state index in [9.17, 15) is 26.4 Å². The zero-order valence-corrected chi connectivity index (χ0v) is 20.2. The first-order valence-electron chi connectivity index (χ1n) is 11.2. The Morgan fingerprint density at radius 1 is 1.00 bits per heavy atom. The fourth-order valence-corrected chi connectivity index (χ4v) is 5.37. The molecule has 1 saturated carbocycles. The minimum absolute atomic E-state index is 0.0928. The molecule has 0 bridgehead atoms. The molecular formula is C26H25F3N2O3S. The zero-order chi connectivity index (χ0) is 25.4. The number of alkyl halides is 3. The Morgan fingerprint density at radius 2 is 1.69 bits per heavy atom. The lowest BCUT2D eigenvalue weighted by Gasteiger charge is -2.23. The molecule has 35 heavy (non-hydrogen) atoms. The van der Waals surface area contributed by atoms with E-state index in [0.29, 0.717) is 35.2 Å². The van der Waals surface area contributed by atoms with Crippen molar-refractivity contribution in [3.8, 4) is 11.1 Å². The molecule has 0 amide bonds. The second-order valence-corrected chi connectivity index (χ2v) is 11.6. The Hall–Kier alpha value is -3.07. The van der Waals surface area contributed by atoms with Gasteiger partial charge in [0.2, 0.25) is 0 Å². The van der Waals surface area contributed by atoms with Crippen LogP contribution in [0.5, 0.6) is 0 Å². The molecule has 0 spiro atoms. The van der Waals surface area contributed by atoms with Gasteiger partial charge in [0.25, 0.3) is 0 Å². The summed E-state index contributed by atoms with van der Waals surface area (Å²) < 4.78 is 63.6. The standard InChI is InChI=1S/C26H25F3N2O3S/c1-25(2,22-12-13-30-24(31-22)16-35(33,34)21-10-11-21)23(32)14-17-6-8-18(9-7-17)19-4-3-5-20(15-19)26(27,28)29/h3-9,12-13,15,21H,10-11,14,16H2,1-2H3. The van der Waals surface area contributed by atoms with Crippen LogP contribution in [-0.4, -0.2) is 29.4 Å². The molecule has 1 aliphatic rings. The van der Waals surface area contributed by atoms with E-state index in [0.717, 1.165) is 12.1 Å². The summed E-state index contributed by atoms with van der Waals surface area (Å²) >= 11 is 0. The number of Topliss-reactive ketones (excluding diaryl/α,β-unsaturated/α-hetero) is 1. The highest BCUT2D eigenvalue weighted by Crippen LogP contribution is 2.33. The van der Waals surface area contributed by atoms with E-state index in [-0.39, 0.29) is 29.0 Å². The van der Waals surface area contributed by atoms with Crippen LogP contribution in [0.2, 0.25) is 0 Å². The molecule has 4 rings (SSSR count). The summed E-state index contributed by atoms with van der Waals surface area (Å²) in [5.74, 6) is -0.188. The molecule has 0 radical (unpaired) electrons. The number of nitrogens with zero attached hydrogens (tertiary/aromatic N) is 2. The molecular weight excluding hydrogens is 477 g/mol.